The summed E-state index contributed by atoms with van der Waals surface area (Å²) in [5.74, 6) is 0.386. The van der Waals surface area contributed by atoms with E-state index in [4.69, 9.17) is 0 Å². The topological polar surface area (TPSA) is 32.3 Å². The molecule has 1 atom stereocenters. The summed E-state index contributed by atoms with van der Waals surface area (Å²) >= 11 is -0.943. The van der Waals surface area contributed by atoms with Gasteiger partial charge < -0.3 is 0 Å². The molecule has 1 heterocycles. The molecule has 2 aliphatic rings. The standard InChI is InChI=1S/C29H36FN2O.In/c30-28-20-9-8-18-26(28)23-32-29(33)27(25-16-6-1-2-7-17-25)19-10-11-21-31-22-12-15-24-13-4-3-5-14-24;/h3-5,8-9,12-14,18,20,22,25,27H,1-2,6-7,10-11,16-17,19,21,23H2,(H,32,33);/q-1;+1. The Balaban J connectivity index is 1.29. The van der Waals surface area contributed by atoms with Gasteiger partial charge >= 0.3 is 210 Å². The Kier molecular flexibility index (Phi) is 9.85. The zero-order chi connectivity index (χ0) is 23.6. The van der Waals surface area contributed by atoms with E-state index in [-0.39, 0.29) is 24.2 Å². The van der Waals surface area contributed by atoms with Crippen LogP contribution in [0.25, 0.3) is 0 Å². The molecule has 1 amide bonds. The van der Waals surface area contributed by atoms with Gasteiger partial charge in [-0.05, 0) is 0 Å². The minimum absolute atomic E-state index is 0.0483. The number of carbonyl (C=O) groups excluding carboxylic acids is 1. The second kappa shape index (κ2) is 13.3. The molecule has 3 nitrogen and oxygen atoms in total. The number of amides is 1. The first kappa shape index (κ1) is 25.2. The van der Waals surface area contributed by atoms with Crippen LogP contribution in [0.5, 0.6) is 0 Å². The molecule has 2 aromatic carbocycles. The summed E-state index contributed by atoms with van der Waals surface area (Å²) in [4.78, 5) is 13.2. The van der Waals surface area contributed by atoms with Crippen LogP contribution in [-0.2, 0) is 11.3 Å². The first-order valence-electron chi connectivity index (χ1n) is 12.9. The molecule has 0 radical (unpaired) electrons. The molecule has 178 valence electrons. The molecule has 4 rings (SSSR count). The number of nitrogens with one attached hydrogen (secondary N) is 1. The fourth-order valence-electron chi connectivity index (χ4n) is 5.29. The van der Waals surface area contributed by atoms with Gasteiger partial charge in [-0.25, -0.2) is 0 Å². The summed E-state index contributed by atoms with van der Waals surface area (Å²) in [7, 11) is 0. The second-order valence-electron chi connectivity index (χ2n) is 9.67. The number of hydrogen-bond acceptors (Lipinski definition) is 2. The maximum atomic E-state index is 14.0. The Hall–Kier alpha value is -1.88. The van der Waals surface area contributed by atoms with Crippen LogP contribution in [0.3, 0.4) is 0 Å². The van der Waals surface area contributed by atoms with Crippen LogP contribution in [0.15, 0.2) is 66.9 Å². The fraction of sp³-hybridized carbons (Fsp3) is 0.448. The number of carbonyl (C=O) groups is 1. The van der Waals surface area contributed by atoms with Crippen molar-refractivity contribution in [2.24, 2.45) is 11.8 Å². The third kappa shape index (κ3) is 7.31. The molecule has 1 aliphatic carbocycles. The Morgan fingerprint density at radius 2 is 1.74 bits per heavy atom. The molecule has 1 aliphatic heterocycles. The van der Waals surface area contributed by atoms with Crippen molar-refractivity contribution in [1.82, 2.24) is 8.20 Å². The van der Waals surface area contributed by atoms with Crippen molar-refractivity contribution in [3.63, 3.8) is 0 Å². The van der Waals surface area contributed by atoms with E-state index in [1.54, 1.807) is 15.4 Å². The first-order valence-corrected chi connectivity index (χ1v) is 16.0. The van der Waals surface area contributed by atoms with Crippen molar-refractivity contribution in [1.29, 1.82) is 0 Å². The van der Waals surface area contributed by atoms with Crippen LogP contribution < -0.4 is 5.32 Å². The minimum atomic E-state index is -0.943. The van der Waals surface area contributed by atoms with Crippen LogP contribution in [0.2, 0.25) is 0 Å². The van der Waals surface area contributed by atoms with E-state index in [1.165, 1.54) is 37.3 Å². The summed E-state index contributed by atoms with van der Waals surface area (Å²) < 4.78 is 18.1. The van der Waals surface area contributed by atoms with Crippen molar-refractivity contribution in [2.75, 3.05) is 6.54 Å². The molecule has 1 N–H and O–H groups in total. The maximum absolute atomic E-state index is 14.0. The van der Waals surface area contributed by atoms with Crippen molar-refractivity contribution in [2.45, 2.75) is 64.3 Å². The zero-order valence-corrected chi connectivity index (χ0v) is 23.4. The van der Waals surface area contributed by atoms with Crippen LogP contribution in [0.1, 0.15) is 68.9 Å². The van der Waals surface area contributed by atoms with Crippen molar-refractivity contribution in [3.8, 4) is 0 Å². The SMILES string of the molecule is O=C(NCc1ccccc1F)C(CCCC[N]1C=C[C](c2ccccc2)=[In]1)C1CCCCCC1. The van der Waals surface area contributed by atoms with Crippen LogP contribution >= 0.6 is 0 Å². The molecular weight excluding hydrogens is 526 g/mol. The van der Waals surface area contributed by atoms with Crippen molar-refractivity contribution >= 4 is 31.9 Å². The molecule has 34 heavy (non-hydrogen) atoms. The van der Waals surface area contributed by atoms with Gasteiger partial charge in [-0.3, -0.25) is 0 Å². The number of unbranched alkanes of at least 4 members (excludes halogenated alkanes) is 1. The third-order valence-electron chi connectivity index (χ3n) is 7.26. The molecule has 1 unspecified atom stereocenters. The fourth-order valence-corrected chi connectivity index (χ4v) is 9.16. The number of halogens is 1. The molecule has 0 saturated heterocycles. The summed E-state index contributed by atoms with van der Waals surface area (Å²) in [6.07, 6.45) is 15.1. The predicted octanol–water partition coefficient (Wildman–Crippen LogP) is 5.87. The number of benzene rings is 2. The van der Waals surface area contributed by atoms with Gasteiger partial charge in [0.25, 0.3) is 0 Å². The molecule has 1 saturated carbocycles. The number of allylic oxidation sites excluding steroid dienone is 1. The first-order chi connectivity index (χ1) is 16.7. The molecule has 5 heteroatoms. The summed E-state index contributed by atoms with van der Waals surface area (Å²) in [6, 6.07) is 17.5. The summed E-state index contributed by atoms with van der Waals surface area (Å²) in [6.45, 7) is 1.38. The van der Waals surface area contributed by atoms with Crippen molar-refractivity contribution < 1.29 is 9.18 Å². The molecule has 2 aromatic rings. The zero-order valence-electron chi connectivity index (χ0n) is 20.1. The average molecular weight is 562 g/mol. The van der Waals surface area contributed by atoms with Gasteiger partial charge in [-0.1, -0.05) is 6.07 Å². The Morgan fingerprint density at radius 1 is 1.00 bits per heavy atom. The average Bonchev–Trinajstić information content (AvgIpc) is 3.18. The number of hydrogen-bond donors (Lipinski definition) is 1. The molecular formula is C29H36FInN2O. The van der Waals surface area contributed by atoms with Gasteiger partial charge in [0.1, 0.15) is 0 Å². The van der Waals surface area contributed by atoms with E-state index in [0.717, 1.165) is 38.6 Å². The van der Waals surface area contributed by atoms with E-state index in [0.29, 0.717) is 11.5 Å². The van der Waals surface area contributed by atoms with Gasteiger partial charge in [-0.2, -0.15) is 0 Å². The Labute approximate surface area is 215 Å². The molecule has 0 aromatic heterocycles. The van der Waals surface area contributed by atoms with Gasteiger partial charge in [-0.15, -0.1) is 0 Å². The number of rotatable bonds is 10. The van der Waals surface area contributed by atoms with Crippen molar-refractivity contribution in [3.05, 3.63) is 83.8 Å². The van der Waals surface area contributed by atoms with E-state index in [2.05, 4.69) is 50.8 Å². The van der Waals surface area contributed by atoms with Crippen LogP contribution in [0.4, 0.5) is 4.39 Å². The van der Waals surface area contributed by atoms with Gasteiger partial charge in [0, 0.05) is 0 Å². The quantitative estimate of drug-likeness (QED) is 0.291. The normalized spacial score (nSPS) is 17.1. The Bertz CT molecular complexity index is 983. The van der Waals surface area contributed by atoms with Gasteiger partial charge in [0.15, 0.2) is 0 Å². The predicted molar refractivity (Wildman–Crippen MR) is 139 cm³/mol. The molecule has 0 spiro atoms. The van der Waals surface area contributed by atoms with Crippen LogP contribution in [0, 0.1) is 17.7 Å². The van der Waals surface area contributed by atoms with E-state index >= 15 is 0 Å². The monoisotopic (exact) mass is 562 g/mol. The van der Waals surface area contributed by atoms with E-state index in [1.807, 2.05) is 6.07 Å². The summed E-state index contributed by atoms with van der Waals surface area (Å²) in [5.41, 5.74) is 1.94. The number of nitrogens with zero attached hydrogens (tertiary/aromatic N) is 1. The van der Waals surface area contributed by atoms with Crippen LogP contribution in [-0.4, -0.2) is 41.3 Å². The van der Waals surface area contributed by atoms with E-state index in [9.17, 15) is 9.18 Å². The molecule has 0 bridgehead atoms. The van der Waals surface area contributed by atoms with E-state index < -0.39 is 22.7 Å². The third-order valence-corrected chi connectivity index (χ3v) is 11.7. The van der Waals surface area contributed by atoms with Gasteiger partial charge in [0.05, 0.1) is 0 Å². The second-order valence-corrected chi connectivity index (χ2v) is 14.1. The summed E-state index contributed by atoms with van der Waals surface area (Å²) in [5, 5.41) is 3.07. The van der Waals surface area contributed by atoms with Gasteiger partial charge in [0.2, 0.25) is 0 Å². The Morgan fingerprint density at radius 3 is 2.50 bits per heavy atom. The molecule has 1 fully saturated rings.